The van der Waals surface area contributed by atoms with Crippen molar-refractivity contribution in [1.29, 1.82) is 0 Å². The van der Waals surface area contributed by atoms with Gasteiger partial charge in [-0.1, -0.05) is 11.3 Å². The van der Waals surface area contributed by atoms with Gasteiger partial charge in [0.05, 0.1) is 18.6 Å². The Morgan fingerprint density at radius 1 is 1.14 bits per heavy atom. The Morgan fingerprint density at radius 3 is 2.79 bits per heavy atom. The molecule has 3 N–H and O–H groups in total. The largest absolute Gasteiger partial charge is 0.491 e. The van der Waals surface area contributed by atoms with Crippen LogP contribution in [0, 0.1) is 5.82 Å². The molecule has 0 radical (unpaired) electrons. The number of halogens is 1. The molecule has 0 saturated carbocycles. The van der Waals surface area contributed by atoms with E-state index in [1.54, 1.807) is 35.1 Å². The number of hydrogen-bond acceptors (Lipinski definition) is 12. The summed E-state index contributed by atoms with van der Waals surface area (Å²) in [7, 11) is 0. The highest BCUT2D eigenvalue weighted by Crippen LogP contribution is 2.27. The Labute approximate surface area is 243 Å². The summed E-state index contributed by atoms with van der Waals surface area (Å²) in [6.45, 7) is 6.48. The molecule has 2 fully saturated rings. The molecule has 2 aliphatic rings. The number of benzene rings is 1. The summed E-state index contributed by atoms with van der Waals surface area (Å²) in [5, 5.41) is 7.66. The fourth-order valence-electron chi connectivity index (χ4n) is 5.34. The van der Waals surface area contributed by atoms with E-state index in [0.717, 1.165) is 37.5 Å². The lowest BCUT2D eigenvalue weighted by atomic mass is 10.2. The topological polar surface area (TPSA) is 141 Å². The van der Waals surface area contributed by atoms with E-state index < -0.39 is 0 Å². The van der Waals surface area contributed by atoms with Crippen LogP contribution in [-0.4, -0.2) is 94.2 Å². The number of thiazole rings is 1. The van der Waals surface area contributed by atoms with E-state index in [9.17, 15) is 9.18 Å². The molecular formula is C27H30FN9O4S. The van der Waals surface area contributed by atoms with Gasteiger partial charge in [0, 0.05) is 58.4 Å². The van der Waals surface area contributed by atoms with Crippen LogP contribution >= 0.6 is 11.3 Å². The van der Waals surface area contributed by atoms with Crippen molar-refractivity contribution in [2.24, 2.45) is 0 Å². The summed E-state index contributed by atoms with van der Waals surface area (Å²) >= 11 is 1.07. The van der Waals surface area contributed by atoms with Gasteiger partial charge >= 0.3 is 4.87 Å². The standard InChI is InChI=1S/C27H30FN9O4S/c28-19-14-17(41-16-18-15-30-5-13-39-18)3-4-20(19)35-9-6-34(7-10-35)8-11-36-24-22(42-27(36)38)25-31-23(21-2-1-12-40-21)33-37(25)26(29)32-24/h1-4,12,14,18,30H,5-11,13,15-16H2,(H2,29,32)/t18-/m0/s1. The van der Waals surface area contributed by atoms with Crippen molar-refractivity contribution in [3.8, 4) is 17.3 Å². The third kappa shape index (κ3) is 5.19. The van der Waals surface area contributed by atoms with Gasteiger partial charge in [0.1, 0.15) is 29.0 Å². The molecule has 220 valence electrons. The number of rotatable bonds is 8. The van der Waals surface area contributed by atoms with E-state index in [1.165, 1.54) is 10.6 Å². The normalized spacial score (nSPS) is 18.3. The number of nitrogens with two attached hydrogens (primary N) is 1. The number of morpholine rings is 1. The Balaban J connectivity index is 0.986. The fraction of sp³-hybridized carbons (Fsp3) is 0.407. The number of nitrogens with zero attached hydrogens (tertiary/aromatic N) is 7. The molecule has 15 heteroatoms. The maximum Gasteiger partial charge on any atom is 0.309 e. The first-order chi connectivity index (χ1) is 20.5. The third-order valence-corrected chi connectivity index (χ3v) is 8.53. The zero-order valence-corrected chi connectivity index (χ0v) is 23.6. The van der Waals surface area contributed by atoms with Crippen molar-refractivity contribution in [2.45, 2.75) is 12.6 Å². The first-order valence-corrected chi connectivity index (χ1v) is 14.7. The monoisotopic (exact) mass is 595 g/mol. The van der Waals surface area contributed by atoms with E-state index in [1.807, 2.05) is 4.90 Å². The lowest BCUT2D eigenvalue weighted by molar-refractivity contribution is 0.000140. The Morgan fingerprint density at radius 2 is 2.02 bits per heavy atom. The molecule has 4 aromatic heterocycles. The minimum atomic E-state index is -0.307. The van der Waals surface area contributed by atoms with E-state index in [-0.39, 0.29) is 22.7 Å². The fourth-order valence-corrected chi connectivity index (χ4v) is 6.27. The maximum absolute atomic E-state index is 15.0. The summed E-state index contributed by atoms with van der Waals surface area (Å²) in [6, 6.07) is 8.53. The van der Waals surface area contributed by atoms with E-state index in [0.29, 0.717) is 78.4 Å². The molecule has 5 aromatic rings. The van der Waals surface area contributed by atoms with Crippen LogP contribution in [0.5, 0.6) is 5.75 Å². The van der Waals surface area contributed by atoms with Gasteiger partial charge in [-0.15, -0.1) is 5.10 Å². The van der Waals surface area contributed by atoms with Gasteiger partial charge in [-0.2, -0.15) is 9.50 Å². The van der Waals surface area contributed by atoms with Crippen LogP contribution in [-0.2, 0) is 11.3 Å². The van der Waals surface area contributed by atoms with Crippen molar-refractivity contribution in [3.63, 3.8) is 0 Å². The molecule has 42 heavy (non-hydrogen) atoms. The van der Waals surface area contributed by atoms with E-state index in [4.69, 9.17) is 19.6 Å². The molecule has 1 atom stereocenters. The Bertz CT molecular complexity index is 1750. The molecule has 0 bridgehead atoms. The lowest BCUT2D eigenvalue weighted by Gasteiger charge is -2.36. The van der Waals surface area contributed by atoms with Crippen molar-refractivity contribution in [3.05, 3.63) is 52.1 Å². The van der Waals surface area contributed by atoms with Gasteiger partial charge in [0.15, 0.2) is 17.1 Å². The zero-order valence-electron chi connectivity index (χ0n) is 22.7. The molecule has 13 nitrogen and oxygen atoms in total. The number of nitrogen functional groups attached to an aromatic ring is 1. The molecule has 0 unspecified atom stereocenters. The van der Waals surface area contributed by atoms with Crippen molar-refractivity contribution < 1.29 is 18.3 Å². The lowest BCUT2D eigenvalue weighted by Crippen LogP contribution is -2.47. The second-order valence-electron chi connectivity index (χ2n) is 10.2. The average molecular weight is 596 g/mol. The number of ether oxygens (including phenoxy) is 2. The maximum atomic E-state index is 15.0. The average Bonchev–Trinajstić information content (AvgIpc) is 3.76. The van der Waals surface area contributed by atoms with Gasteiger partial charge in [-0.3, -0.25) is 14.3 Å². The number of nitrogens with one attached hydrogen (secondary N) is 1. The van der Waals surface area contributed by atoms with E-state index in [2.05, 4.69) is 25.3 Å². The SMILES string of the molecule is Nc1nc2c(sc(=O)n2CCN2CCN(c3ccc(OC[C@@H]4CNCCO4)cc3F)CC2)c2nc(-c3ccco3)nn12. The van der Waals surface area contributed by atoms with Crippen LogP contribution in [0.2, 0.25) is 0 Å². The third-order valence-electron chi connectivity index (χ3n) is 7.57. The molecule has 6 heterocycles. The molecule has 7 rings (SSSR count). The van der Waals surface area contributed by atoms with Crippen LogP contribution in [0.4, 0.5) is 16.0 Å². The summed E-state index contributed by atoms with van der Waals surface area (Å²) < 4.78 is 35.5. The van der Waals surface area contributed by atoms with Gasteiger partial charge in [0.2, 0.25) is 11.8 Å². The highest BCUT2D eigenvalue weighted by atomic mass is 32.1. The molecule has 1 aromatic carbocycles. The summed E-state index contributed by atoms with van der Waals surface area (Å²) in [4.78, 5) is 26.2. The minimum Gasteiger partial charge on any atom is -0.491 e. The first kappa shape index (κ1) is 26.8. The van der Waals surface area contributed by atoms with Crippen LogP contribution in [0.1, 0.15) is 0 Å². The molecule has 2 saturated heterocycles. The smallest absolute Gasteiger partial charge is 0.309 e. The van der Waals surface area contributed by atoms with Crippen LogP contribution < -0.4 is 25.6 Å². The van der Waals surface area contributed by atoms with Crippen molar-refractivity contribution >= 4 is 39.0 Å². The molecule has 2 aliphatic heterocycles. The summed E-state index contributed by atoms with van der Waals surface area (Å²) in [6.07, 6.45) is 1.51. The summed E-state index contributed by atoms with van der Waals surface area (Å²) in [5.74, 6) is 1.20. The second-order valence-corrected chi connectivity index (χ2v) is 11.2. The van der Waals surface area contributed by atoms with Gasteiger partial charge in [-0.05, 0) is 24.3 Å². The predicted octanol–water partition coefficient (Wildman–Crippen LogP) is 1.67. The van der Waals surface area contributed by atoms with Crippen LogP contribution in [0.3, 0.4) is 0 Å². The second kappa shape index (κ2) is 11.3. The van der Waals surface area contributed by atoms with Crippen molar-refractivity contribution in [1.82, 2.24) is 34.4 Å². The van der Waals surface area contributed by atoms with Crippen LogP contribution in [0.25, 0.3) is 27.6 Å². The molecule has 0 spiro atoms. The quantitative estimate of drug-likeness (QED) is 0.271. The number of anilines is 2. The van der Waals surface area contributed by atoms with Gasteiger partial charge in [-0.25, -0.2) is 9.37 Å². The first-order valence-electron chi connectivity index (χ1n) is 13.8. The van der Waals surface area contributed by atoms with Gasteiger partial charge < -0.3 is 29.8 Å². The zero-order chi connectivity index (χ0) is 28.6. The number of fused-ring (bicyclic) bond motifs is 3. The highest BCUT2D eigenvalue weighted by molar-refractivity contribution is 7.17. The van der Waals surface area contributed by atoms with Crippen LogP contribution in [0.15, 0.2) is 45.8 Å². The molecular weight excluding hydrogens is 565 g/mol. The Kier molecular flexibility index (Phi) is 7.23. The van der Waals surface area contributed by atoms with Gasteiger partial charge in [0.25, 0.3) is 0 Å². The molecule has 0 amide bonds. The number of furan rings is 1. The minimum absolute atomic E-state index is 0.0328. The van der Waals surface area contributed by atoms with E-state index >= 15 is 0 Å². The predicted molar refractivity (Wildman–Crippen MR) is 156 cm³/mol. The number of hydrogen-bond donors (Lipinski definition) is 2. The molecule has 0 aliphatic carbocycles. The van der Waals surface area contributed by atoms with Crippen molar-refractivity contribution in [2.75, 3.05) is 69.7 Å². The Hall–Kier alpha value is -4.05. The summed E-state index contributed by atoms with van der Waals surface area (Å²) in [5.41, 5.74) is 7.71. The highest BCUT2D eigenvalue weighted by Gasteiger charge is 2.23. The number of piperazine rings is 1. The number of aromatic nitrogens is 5.